The molecule has 0 N–H and O–H groups in total. The van der Waals surface area contributed by atoms with Crippen LogP contribution in [0.15, 0.2) is 61.2 Å². The van der Waals surface area contributed by atoms with E-state index in [0.29, 0.717) is 23.4 Å². The van der Waals surface area contributed by atoms with E-state index in [1.54, 1.807) is 12.4 Å². The molecule has 0 spiro atoms. The van der Waals surface area contributed by atoms with Gasteiger partial charge in [-0.3, -0.25) is 9.97 Å². The average Bonchev–Trinajstić information content (AvgIpc) is 3.18. The zero-order valence-corrected chi connectivity index (χ0v) is 15.0. The molecular formula is C20H19ClN4O. The summed E-state index contributed by atoms with van der Waals surface area (Å²) in [6, 6.07) is 11.7. The number of ether oxygens (including phenoxy) is 1. The predicted octanol–water partition coefficient (Wildman–Crippen LogP) is 4.10. The van der Waals surface area contributed by atoms with Gasteiger partial charge in [-0.1, -0.05) is 29.8 Å². The Balaban J connectivity index is 1.41. The number of benzene rings is 1. The van der Waals surface area contributed by atoms with Crippen LogP contribution in [-0.4, -0.2) is 28.0 Å². The van der Waals surface area contributed by atoms with Gasteiger partial charge >= 0.3 is 0 Å². The first-order valence-electron chi connectivity index (χ1n) is 8.62. The molecule has 1 aromatic carbocycles. The van der Waals surface area contributed by atoms with E-state index in [9.17, 15) is 0 Å². The third kappa shape index (κ3) is 3.94. The molecule has 2 aromatic heterocycles. The molecule has 0 bridgehead atoms. The van der Waals surface area contributed by atoms with Gasteiger partial charge in [-0.2, -0.15) is 4.98 Å². The monoisotopic (exact) mass is 366 g/mol. The molecule has 132 valence electrons. The molecule has 0 aliphatic carbocycles. The summed E-state index contributed by atoms with van der Waals surface area (Å²) in [6.07, 6.45) is 8.27. The minimum Gasteiger partial charge on any atom is -0.472 e. The summed E-state index contributed by atoms with van der Waals surface area (Å²) in [5.41, 5.74) is 2.28. The second-order valence-electron chi connectivity index (χ2n) is 6.35. The van der Waals surface area contributed by atoms with Crippen LogP contribution in [0.1, 0.15) is 23.5 Å². The van der Waals surface area contributed by atoms with Crippen LogP contribution in [0.4, 0.5) is 5.82 Å². The van der Waals surface area contributed by atoms with E-state index in [-0.39, 0.29) is 0 Å². The summed E-state index contributed by atoms with van der Waals surface area (Å²) < 4.78 is 5.79. The number of halogens is 1. The molecule has 1 fully saturated rings. The highest BCUT2D eigenvalue weighted by molar-refractivity contribution is 6.30. The number of nitrogens with zero attached hydrogens (tertiary/aromatic N) is 4. The number of pyridine rings is 1. The molecule has 0 amide bonds. The molecule has 6 heteroatoms. The number of aromatic nitrogens is 3. The van der Waals surface area contributed by atoms with Gasteiger partial charge in [-0.25, -0.2) is 0 Å². The van der Waals surface area contributed by atoms with Gasteiger partial charge < -0.3 is 9.64 Å². The molecule has 3 aromatic rings. The molecule has 3 heterocycles. The van der Waals surface area contributed by atoms with Crippen LogP contribution in [0.25, 0.3) is 0 Å². The summed E-state index contributed by atoms with van der Waals surface area (Å²) in [6.45, 7) is 2.28. The average molecular weight is 367 g/mol. The zero-order valence-electron chi connectivity index (χ0n) is 14.3. The van der Waals surface area contributed by atoms with Crippen LogP contribution in [0, 0.1) is 0 Å². The summed E-state index contributed by atoms with van der Waals surface area (Å²) in [5, 5.41) is 0.699. The lowest BCUT2D eigenvalue weighted by Gasteiger charge is -2.18. The van der Waals surface area contributed by atoms with Crippen molar-refractivity contribution in [1.29, 1.82) is 0 Å². The molecule has 1 aliphatic heterocycles. The van der Waals surface area contributed by atoms with Crippen LogP contribution in [0.3, 0.4) is 0 Å². The van der Waals surface area contributed by atoms with Gasteiger partial charge in [0.05, 0.1) is 12.4 Å². The largest absolute Gasteiger partial charge is 0.472 e. The van der Waals surface area contributed by atoms with Crippen molar-refractivity contribution >= 4 is 17.4 Å². The van der Waals surface area contributed by atoms with Gasteiger partial charge in [0.25, 0.3) is 0 Å². The van der Waals surface area contributed by atoms with E-state index in [1.165, 1.54) is 5.56 Å². The predicted molar refractivity (Wildman–Crippen MR) is 102 cm³/mol. The Labute approximate surface area is 157 Å². The van der Waals surface area contributed by atoms with E-state index in [0.717, 1.165) is 30.9 Å². The van der Waals surface area contributed by atoms with Gasteiger partial charge in [-0.05, 0) is 35.7 Å². The Morgan fingerprint density at radius 3 is 2.92 bits per heavy atom. The fraction of sp³-hybridized carbons (Fsp3) is 0.250. The van der Waals surface area contributed by atoms with Crippen molar-refractivity contribution < 1.29 is 4.74 Å². The minimum absolute atomic E-state index is 0.414. The fourth-order valence-electron chi connectivity index (χ4n) is 3.20. The SMILES string of the molecule is Clc1cccc(COc2cncc(N3CCC(c4cccnc4)C3)n2)c1. The second kappa shape index (κ2) is 7.70. The van der Waals surface area contributed by atoms with Crippen LogP contribution in [0.5, 0.6) is 5.88 Å². The second-order valence-corrected chi connectivity index (χ2v) is 6.79. The van der Waals surface area contributed by atoms with Crippen LogP contribution >= 0.6 is 11.6 Å². The van der Waals surface area contributed by atoms with Crippen molar-refractivity contribution in [2.45, 2.75) is 18.9 Å². The number of hydrogen-bond acceptors (Lipinski definition) is 5. The van der Waals surface area contributed by atoms with Crippen molar-refractivity contribution in [2.24, 2.45) is 0 Å². The lowest BCUT2D eigenvalue weighted by Crippen LogP contribution is -2.20. The Morgan fingerprint density at radius 1 is 1.12 bits per heavy atom. The molecule has 1 saturated heterocycles. The van der Waals surface area contributed by atoms with Gasteiger partial charge in [0.15, 0.2) is 5.82 Å². The van der Waals surface area contributed by atoms with Crippen molar-refractivity contribution in [2.75, 3.05) is 18.0 Å². The normalized spacial score (nSPS) is 16.7. The number of anilines is 1. The van der Waals surface area contributed by atoms with E-state index >= 15 is 0 Å². The first kappa shape index (κ1) is 16.8. The Morgan fingerprint density at radius 2 is 2.08 bits per heavy atom. The highest BCUT2D eigenvalue weighted by atomic mass is 35.5. The molecule has 26 heavy (non-hydrogen) atoms. The first-order chi connectivity index (χ1) is 12.8. The summed E-state index contributed by atoms with van der Waals surface area (Å²) in [5.74, 6) is 1.84. The highest BCUT2D eigenvalue weighted by Gasteiger charge is 2.25. The lowest BCUT2D eigenvalue weighted by atomic mass is 10.0. The third-order valence-electron chi connectivity index (χ3n) is 4.54. The number of rotatable bonds is 5. The summed E-state index contributed by atoms with van der Waals surface area (Å²) in [7, 11) is 0. The van der Waals surface area contributed by atoms with Gasteiger partial charge in [-0.15, -0.1) is 0 Å². The smallest absolute Gasteiger partial charge is 0.234 e. The van der Waals surface area contributed by atoms with E-state index in [2.05, 4.69) is 25.9 Å². The van der Waals surface area contributed by atoms with Crippen LogP contribution in [-0.2, 0) is 6.61 Å². The fourth-order valence-corrected chi connectivity index (χ4v) is 3.42. The van der Waals surface area contributed by atoms with Crippen molar-refractivity contribution in [1.82, 2.24) is 15.0 Å². The molecule has 4 rings (SSSR count). The van der Waals surface area contributed by atoms with Crippen LogP contribution < -0.4 is 9.64 Å². The van der Waals surface area contributed by atoms with E-state index in [4.69, 9.17) is 16.3 Å². The summed E-state index contributed by atoms with van der Waals surface area (Å²) in [4.78, 5) is 15.4. The topological polar surface area (TPSA) is 51.1 Å². The third-order valence-corrected chi connectivity index (χ3v) is 4.78. The maximum absolute atomic E-state index is 6.01. The molecule has 0 saturated carbocycles. The molecular weight excluding hydrogens is 348 g/mol. The quantitative estimate of drug-likeness (QED) is 0.680. The van der Waals surface area contributed by atoms with Crippen molar-refractivity contribution in [3.63, 3.8) is 0 Å². The lowest BCUT2D eigenvalue weighted by molar-refractivity contribution is 0.292. The van der Waals surface area contributed by atoms with Crippen molar-refractivity contribution in [3.05, 3.63) is 77.3 Å². The standard InChI is InChI=1S/C20H19ClN4O/c21-18-5-1-3-15(9-18)14-26-20-12-23-11-19(24-20)25-8-6-17(13-25)16-4-2-7-22-10-16/h1-5,7,9-12,17H,6,8,13-14H2. The molecule has 1 atom stereocenters. The van der Waals surface area contributed by atoms with Gasteiger partial charge in [0.2, 0.25) is 5.88 Å². The van der Waals surface area contributed by atoms with Gasteiger partial charge in [0.1, 0.15) is 6.61 Å². The molecule has 1 aliphatic rings. The maximum atomic E-state index is 6.01. The van der Waals surface area contributed by atoms with Crippen LogP contribution in [0.2, 0.25) is 5.02 Å². The van der Waals surface area contributed by atoms with Gasteiger partial charge in [0, 0.05) is 36.4 Å². The maximum Gasteiger partial charge on any atom is 0.234 e. The zero-order chi connectivity index (χ0) is 17.8. The van der Waals surface area contributed by atoms with E-state index < -0.39 is 0 Å². The minimum atomic E-state index is 0.414. The van der Waals surface area contributed by atoms with Crippen molar-refractivity contribution in [3.8, 4) is 5.88 Å². The first-order valence-corrected chi connectivity index (χ1v) is 9.00. The Kier molecular flexibility index (Phi) is 4.97. The molecule has 1 unspecified atom stereocenters. The molecule has 5 nitrogen and oxygen atoms in total. The Bertz CT molecular complexity index is 874. The summed E-state index contributed by atoms with van der Waals surface area (Å²) >= 11 is 6.01. The van der Waals surface area contributed by atoms with E-state index in [1.807, 2.05) is 42.7 Å². The highest BCUT2D eigenvalue weighted by Crippen LogP contribution is 2.29. The number of hydrogen-bond donors (Lipinski definition) is 0. The molecule has 0 radical (unpaired) electrons. The Hall–Kier alpha value is -2.66.